The fourth-order valence-electron chi connectivity index (χ4n) is 1.78. The average Bonchev–Trinajstić information content (AvgIpc) is 2.86. The summed E-state index contributed by atoms with van der Waals surface area (Å²) in [6.07, 6.45) is 0. The molecule has 0 aliphatic carbocycles. The Balaban J connectivity index is 1.90. The molecular formula is C13H9BrClN3O. The number of hydrogen-bond acceptors (Lipinski definition) is 4. The van der Waals surface area contributed by atoms with E-state index in [0.29, 0.717) is 11.9 Å². The molecule has 0 saturated carbocycles. The van der Waals surface area contributed by atoms with E-state index in [1.165, 1.54) is 0 Å². The van der Waals surface area contributed by atoms with Gasteiger partial charge in [0.15, 0.2) is 0 Å². The molecule has 6 heteroatoms. The number of benzene rings is 2. The normalized spacial score (nSPS) is 10.8. The van der Waals surface area contributed by atoms with Gasteiger partial charge in [-0.3, -0.25) is 0 Å². The lowest BCUT2D eigenvalue weighted by Crippen LogP contribution is -1.90. The number of halogens is 2. The molecule has 4 nitrogen and oxygen atoms in total. The SMILES string of the molecule is ClCc1nnc(Nc2ccc3cc(Br)ccc3c2)o1. The smallest absolute Gasteiger partial charge is 0.320 e. The van der Waals surface area contributed by atoms with E-state index < -0.39 is 0 Å². The van der Waals surface area contributed by atoms with Gasteiger partial charge in [-0.1, -0.05) is 33.2 Å². The van der Waals surface area contributed by atoms with Gasteiger partial charge in [0.05, 0.1) is 0 Å². The van der Waals surface area contributed by atoms with Gasteiger partial charge in [0.2, 0.25) is 5.89 Å². The van der Waals surface area contributed by atoms with Crippen LogP contribution in [0, 0.1) is 0 Å². The van der Waals surface area contributed by atoms with Gasteiger partial charge in [-0.15, -0.1) is 16.7 Å². The van der Waals surface area contributed by atoms with Gasteiger partial charge >= 0.3 is 6.01 Å². The maximum Gasteiger partial charge on any atom is 0.320 e. The first-order valence-electron chi connectivity index (χ1n) is 5.59. The molecule has 1 heterocycles. The van der Waals surface area contributed by atoms with Crippen molar-refractivity contribution in [1.82, 2.24) is 10.2 Å². The van der Waals surface area contributed by atoms with E-state index in [9.17, 15) is 0 Å². The molecule has 3 aromatic rings. The summed E-state index contributed by atoms with van der Waals surface area (Å²) in [6, 6.07) is 12.5. The minimum atomic E-state index is 0.209. The molecule has 2 aromatic carbocycles. The lowest BCUT2D eigenvalue weighted by atomic mass is 10.1. The third kappa shape index (κ3) is 2.72. The quantitative estimate of drug-likeness (QED) is 0.716. The van der Waals surface area contributed by atoms with Crippen molar-refractivity contribution in [3.8, 4) is 0 Å². The van der Waals surface area contributed by atoms with Crippen LogP contribution in [0.1, 0.15) is 5.89 Å². The van der Waals surface area contributed by atoms with Gasteiger partial charge in [-0.05, 0) is 35.0 Å². The van der Waals surface area contributed by atoms with Gasteiger partial charge in [-0.2, -0.15) is 0 Å². The maximum absolute atomic E-state index is 5.61. The minimum Gasteiger partial charge on any atom is -0.407 e. The minimum absolute atomic E-state index is 0.209. The second-order valence-electron chi connectivity index (χ2n) is 3.97. The summed E-state index contributed by atoms with van der Waals surface area (Å²) >= 11 is 9.06. The maximum atomic E-state index is 5.61. The van der Waals surface area contributed by atoms with Crippen LogP contribution < -0.4 is 5.32 Å². The Kier molecular flexibility index (Phi) is 3.40. The van der Waals surface area contributed by atoms with Crippen molar-refractivity contribution < 1.29 is 4.42 Å². The number of rotatable bonds is 3. The van der Waals surface area contributed by atoms with Crippen molar-refractivity contribution in [3.05, 3.63) is 46.8 Å². The van der Waals surface area contributed by atoms with E-state index in [4.69, 9.17) is 16.0 Å². The zero-order chi connectivity index (χ0) is 13.2. The fraction of sp³-hybridized carbons (Fsp3) is 0.0769. The molecule has 0 saturated heterocycles. The van der Waals surface area contributed by atoms with Crippen molar-refractivity contribution in [2.75, 3.05) is 5.32 Å². The molecular weight excluding hydrogens is 330 g/mol. The standard InChI is InChI=1S/C13H9BrClN3O/c14-10-3-1-9-6-11(4-2-8(9)5-10)16-13-18-17-12(7-15)19-13/h1-6H,7H2,(H,16,18). The van der Waals surface area contributed by atoms with Gasteiger partial charge in [-0.25, -0.2) is 0 Å². The van der Waals surface area contributed by atoms with Crippen LogP contribution >= 0.6 is 27.5 Å². The van der Waals surface area contributed by atoms with Crippen molar-refractivity contribution in [1.29, 1.82) is 0 Å². The largest absolute Gasteiger partial charge is 0.407 e. The predicted molar refractivity (Wildman–Crippen MR) is 78.8 cm³/mol. The summed E-state index contributed by atoms with van der Waals surface area (Å²) in [5, 5.41) is 13.0. The van der Waals surface area contributed by atoms with E-state index in [1.807, 2.05) is 30.3 Å². The molecule has 3 rings (SSSR count). The monoisotopic (exact) mass is 337 g/mol. The molecule has 0 aliphatic heterocycles. The summed E-state index contributed by atoms with van der Waals surface area (Å²) in [7, 11) is 0. The number of nitrogens with one attached hydrogen (secondary N) is 1. The topological polar surface area (TPSA) is 51.0 Å². The lowest BCUT2D eigenvalue weighted by Gasteiger charge is -2.04. The molecule has 0 spiro atoms. The van der Waals surface area contributed by atoms with Crippen molar-refractivity contribution in [3.63, 3.8) is 0 Å². The Morgan fingerprint density at radius 2 is 1.89 bits per heavy atom. The van der Waals surface area contributed by atoms with Crippen LogP contribution in [-0.2, 0) is 5.88 Å². The Labute approximate surface area is 122 Å². The van der Waals surface area contributed by atoms with Crippen LogP contribution in [-0.4, -0.2) is 10.2 Å². The van der Waals surface area contributed by atoms with Crippen LogP contribution in [0.15, 0.2) is 45.3 Å². The summed E-state index contributed by atoms with van der Waals surface area (Å²) in [5.41, 5.74) is 0.889. The number of hydrogen-bond donors (Lipinski definition) is 1. The van der Waals surface area contributed by atoms with Gasteiger partial charge in [0.1, 0.15) is 5.88 Å². The highest BCUT2D eigenvalue weighted by molar-refractivity contribution is 9.10. The third-order valence-electron chi connectivity index (χ3n) is 2.63. The molecule has 96 valence electrons. The highest BCUT2D eigenvalue weighted by atomic mass is 79.9. The molecule has 1 aromatic heterocycles. The number of anilines is 2. The van der Waals surface area contributed by atoms with Crippen LogP contribution in [0.4, 0.5) is 11.7 Å². The highest BCUT2D eigenvalue weighted by Gasteiger charge is 2.05. The summed E-state index contributed by atoms with van der Waals surface area (Å²) in [6.45, 7) is 0. The first-order valence-corrected chi connectivity index (χ1v) is 6.92. The van der Waals surface area contributed by atoms with Gasteiger partial charge in [0, 0.05) is 10.2 Å². The molecule has 0 aliphatic rings. The number of aromatic nitrogens is 2. The Hall–Kier alpha value is -1.59. The van der Waals surface area contributed by atoms with E-state index >= 15 is 0 Å². The fourth-order valence-corrected chi connectivity index (χ4v) is 2.26. The molecule has 0 amide bonds. The second-order valence-corrected chi connectivity index (χ2v) is 5.15. The zero-order valence-electron chi connectivity index (χ0n) is 9.73. The molecule has 0 atom stereocenters. The van der Waals surface area contributed by atoms with E-state index in [0.717, 1.165) is 20.9 Å². The summed E-state index contributed by atoms with van der Waals surface area (Å²) < 4.78 is 6.35. The summed E-state index contributed by atoms with van der Waals surface area (Å²) in [5.74, 6) is 0.606. The molecule has 0 radical (unpaired) electrons. The van der Waals surface area contributed by atoms with Crippen molar-refractivity contribution in [2.45, 2.75) is 5.88 Å². The molecule has 0 fully saturated rings. The zero-order valence-corrected chi connectivity index (χ0v) is 12.1. The first kappa shape index (κ1) is 12.4. The third-order valence-corrected chi connectivity index (χ3v) is 3.36. The second kappa shape index (κ2) is 5.19. The van der Waals surface area contributed by atoms with Crippen LogP contribution in [0.2, 0.25) is 0 Å². The van der Waals surface area contributed by atoms with Crippen molar-refractivity contribution in [2.24, 2.45) is 0 Å². The van der Waals surface area contributed by atoms with Crippen LogP contribution in [0.25, 0.3) is 10.8 Å². The Morgan fingerprint density at radius 1 is 1.11 bits per heavy atom. The van der Waals surface area contributed by atoms with Crippen LogP contribution in [0.3, 0.4) is 0 Å². The number of nitrogens with zero attached hydrogens (tertiary/aromatic N) is 2. The first-order chi connectivity index (χ1) is 9.24. The van der Waals surface area contributed by atoms with Crippen molar-refractivity contribution >= 4 is 50.0 Å². The molecule has 19 heavy (non-hydrogen) atoms. The lowest BCUT2D eigenvalue weighted by molar-refractivity contribution is 0.530. The predicted octanol–water partition coefficient (Wildman–Crippen LogP) is 4.47. The van der Waals surface area contributed by atoms with Crippen LogP contribution in [0.5, 0.6) is 0 Å². The Bertz CT molecular complexity index is 729. The highest BCUT2D eigenvalue weighted by Crippen LogP contribution is 2.24. The molecule has 1 N–H and O–H groups in total. The number of alkyl halides is 1. The van der Waals surface area contributed by atoms with E-state index in [2.05, 4.69) is 37.5 Å². The Morgan fingerprint density at radius 3 is 2.68 bits per heavy atom. The number of fused-ring (bicyclic) bond motifs is 1. The molecule has 0 unspecified atom stereocenters. The average molecular weight is 339 g/mol. The van der Waals surface area contributed by atoms with Gasteiger partial charge in [0.25, 0.3) is 0 Å². The van der Waals surface area contributed by atoms with E-state index in [-0.39, 0.29) is 5.88 Å². The summed E-state index contributed by atoms with van der Waals surface area (Å²) in [4.78, 5) is 0. The molecule has 0 bridgehead atoms. The van der Waals surface area contributed by atoms with E-state index in [1.54, 1.807) is 0 Å². The van der Waals surface area contributed by atoms with Gasteiger partial charge < -0.3 is 9.73 Å².